The molecule has 29 heavy (non-hydrogen) atoms. The molecule has 0 radical (unpaired) electrons. The summed E-state index contributed by atoms with van der Waals surface area (Å²) in [6.07, 6.45) is 22.2. The molecule has 0 aliphatic heterocycles. The molecule has 0 saturated carbocycles. The van der Waals surface area contributed by atoms with E-state index in [2.05, 4.69) is 6.92 Å². The van der Waals surface area contributed by atoms with E-state index in [0.717, 1.165) is 24.8 Å². The lowest BCUT2D eigenvalue weighted by Crippen LogP contribution is -1.95. The van der Waals surface area contributed by atoms with Crippen LogP contribution in [0.3, 0.4) is 0 Å². The Morgan fingerprint density at radius 3 is 1.55 bits per heavy atom. The molecule has 0 unspecified atom stereocenters. The van der Waals surface area contributed by atoms with Crippen LogP contribution in [0.2, 0.25) is 0 Å². The average molecular weight is 427 g/mol. The van der Waals surface area contributed by atoms with E-state index in [4.69, 9.17) is 14.3 Å². The van der Waals surface area contributed by atoms with Crippen LogP contribution in [-0.2, 0) is 11.0 Å². The van der Waals surface area contributed by atoms with Crippen LogP contribution < -0.4 is 4.52 Å². The third kappa shape index (κ3) is 15.6. The summed E-state index contributed by atoms with van der Waals surface area (Å²) in [5.74, 6) is 0.307. The van der Waals surface area contributed by atoms with Gasteiger partial charge >= 0.3 is 7.82 Å². The van der Waals surface area contributed by atoms with Crippen LogP contribution in [0, 0.1) is 0 Å². The molecule has 0 aromatic heterocycles. The SMILES string of the molecule is CCCCCCCCCCCCCCCCCCc1ccccc1OP(=O)(O)O. The highest BCUT2D eigenvalue weighted by atomic mass is 31.2. The summed E-state index contributed by atoms with van der Waals surface area (Å²) in [7, 11) is -4.49. The third-order valence-electron chi connectivity index (χ3n) is 5.49. The summed E-state index contributed by atoms with van der Waals surface area (Å²) in [4.78, 5) is 18.0. The lowest BCUT2D eigenvalue weighted by Gasteiger charge is -2.11. The van der Waals surface area contributed by atoms with Gasteiger partial charge in [-0.15, -0.1) is 0 Å². The first-order valence-electron chi connectivity index (χ1n) is 11.9. The predicted octanol–water partition coefficient (Wildman–Crippen LogP) is 7.96. The molecule has 0 heterocycles. The molecule has 0 aliphatic carbocycles. The van der Waals surface area contributed by atoms with E-state index in [1.807, 2.05) is 12.1 Å². The van der Waals surface area contributed by atoms with Gasteiger partial charge in [0.15, 0.2) is 0 Å². The van der Waals surface area contributed by atoms with Gasteiger partial charge in [-0.3, -0.25) is 9.79 Å². The van der Waals surface area contributed by atoms with Crippen molar-refractivity contribution in [3.8, 4) is 5.75 Å². The number of unbranched alkanes of at least 4 members (excludes halogenated alkanes) is 15. The molecule has 1 rings (SSSR count). The zero-order valence-corrected chi connectivity index (χ0v) is 19.4. The van der Waals surface area contributed by atoms with Crippen molar-refractivity contribution in [1.82, 2.24) is 0 Å². The minimum Gasteiger partial charge on any atom is -0.404 e. The van der Waals surface area contributed by atoms with Crippen LogP contribution in [0.4, 0.5) is 0 Å². The molecular weight excluding hydrogens is 383 g/mol. The van der Waals surface area contributed by atoms with Crippen LogP contribution in [0.25, 0.3) is 0 Å². The van der Waals surface area contributed by atoms with Gasteiger partial charge in [-0.2, -0.15) is 0 Å². The third-order valence-corrected chi connectivity index (χ3v) is 5.92. The van der Waals surface area contributed by atoms with Gasteiger partial charge in [0, 0.05) is 0 Å². The minimum atomic E-state index is -4.49. The minimum absolute atomic E-state index is 0.307. The van der Waals surface area contributed by atoms with Gasteiger partial charge in [0.05, 0.1) is 0 Å². The highest BCUT2D eigenvalue weighted by Crippen LogP contribution is 2.39. The van der Waals surface area contributed by atoms with E-state index in [-0.39, 0.29) is 0 Å². The Balaban J connectivity index is 1.93. The van der Waals surface area contributed by atoms with Gasteiger partial charge in [-0.1, -0.05) is 121 Å². The van der Waals surface area contributed by atoms with Crippen molar-refractivity contribution in [2.45, 2.75) is 116 Å². The van der Waals surface area contributed by atoms with E-state index in [9.17, 15) is 4.57 Å². The van der Waals surface area contributed by atoms with Gasteiger partial charge < -0.3 is 4.52 Å². The molecule has 5 heteroatoms. The van der Waals surface area contributed by atoms with Crippen molar-refractivity contribution < 1.29 is 18.9 Å². The second-order valence-corrected chi connectivity index (χ2v) is 9.41. The zero-order valence-electron chi connectivity index (χ0n) is 18.5. The summed E-state index contributed by atoms with van der Waals surface area (Å²) in [5.41, 5.74) is 0.876. The molecule has 0 saturated heterocycles. The maximum Gasteiger partial charge on any atom is 0.524 e. The molecule has 168 valence electrons. The van der Waals surface area contributed by atoms with Gasteiger partial charge in [0.1, 0.15) is 5.75 Å². The Morgan fingerprint density at radius 1 is 0.690 bits per heavy atom. The normalized spacial score (nSPS) is 11.7. The van der Waals surface area contributed by atoms with Crippen LogP contribution >= 0.6 is 7.82 Å². The Hall–Kier alpha value is -0.830. The van der Waals surface area contributed by atoms with E-state index in [0.29, 0.717) is 5.75 Å². The molecule has 0 aliphatic rings. The number of phosphoric ester groups is 1. The van der Waals surface area contributed by atoms with Gasteiger partial charge in [-0.25, -0.2) is 4.57 Å². The molecule has 2 N–H and O–H groups in total. The van der Waals surface area contributed by atoms with Crippen molar-refractivity contribution in [1.29, 1.82) is 0 Å². The van der Waals surface area contributed by atoms with Gasteiger partial charge in [0.25, 0.3) is 0 Å². The quantitative estimate of drug-likeness (QED) is 0.174. The van der Waals surface area contributed by atoms with Crippen molar-refractivity contribution in [2.24, 2.45) is 0 Å². The van der Waals surface area contributed by atoms with Crippen LogP contribution in [0.15, 0.2) is 24.3 Å². The van der Waals surface area contributed by atoms with E-state index >= 15 is 0 Å². The van der Waals surface area contributed by atoms with Crippen LogP contribution in [-0.4, -0.2) is 9.79 Å². The first-order chi connectivity index (χ1) is 14.0. The topological polar surface area (TPSA) is 66.8 Å². The molecule has 1 aromatic carbocycles. The highest BCUT2D eigenvalue weighted by molar-refractivity contribution is 7.46. The summed E-state index contributed by atoms with van der Waals surface area (Å²) < 4.78 is 15.8. The summed E-state index contributed by atoms with van der Waals surface area (Å²) in [5, 5.41) is 0. The van der Waals surface area contributed by atoms with Crippen molar-refractivity contribution in [2.75, 3.05) is 0 Å². The first kappa shape index (κ1) is 26.2. The monoisotopic (exact) mass is 426 g/mol. The fourth-order valence-corrected chi connectivity index (χ4v) is 4.23. The second kappa shape index (κ2) is 16.9. The molecule has 1 aromatic rings. The van der Waals surface area contributed by atoms with Crippen LogP contribution in [0.5, 0.6) is 5.75 Å². The summed E-state index contributed by atoms with van der Waals surface area (Å²) in [6, 6.07) is 7.13. The number of aryl methyl sites for hydroxylation is 1. The largest absolute Gasteiger partial charge is 0.524 e. The maximum atomic E-state index is 11.0. The maximum absolute atomic E-state index is 11.0. The predicted molar refractivity (Wildman–Crippen MR) is 122 cm³/mol. The fourth-order valence-electron chi connectivity index (χ4n) is 3.79. The molecule has 0 spiro atoms. The Kier molecular flexibility index (Phi) is 15.3. The van der Waals surface area contributed by atoms with Gasteiger partial charge in [-0.05, 0) is 24.5 Å². The fraction of sp³-hybridized carbons (Fsp3) is 0.750. The Bertz CT molecular complexity index is 556. The average Bonchev–Trinajstić information content (AvgIpc) is 2.67. The molecule has 0 atom stereocenters. The van der Waals surface area contributed by atoms with E-state index in [1.165, 1.54) is 89.9 Å². The van der Waals surface area contributed by atoms with Crippen molar-refractivity contribution >= 4 is 7.82 Å². The smallest absolute Gasteiger partial charge is 0.404 e. The number of hydrogen-bond acceptors (Lipinski definition) is 2. The second-order valence-electron chi connectivity index (χ2n) is 8.24. The van der Waals surface area contributed by atoms with E-state index < -0.39 is 7.82 Å². The number of para-hydroxylation sites is 1. The standard InChI is InChI=1S/C24H43O4P/c1-2-3-4-5-6-7-8-9-10-11-12-13-14-15-16-17-20-23-21-18-19-22-24(23)28-29(25,26)27/h18-19,21-22H,2-17,20H2,1H3,(H2,25,26,27). The van der Waals surface area contributed by atoms with E-state index in [1.54, 1.807) is 12.1 Å². The molecule has 0 amide bonds. The van der Waals surface area contributed by atoms with Gasteiger partial charge in [0.2, 0.25) is 0 Å². The molecule has 0 bridgehead atoms. The molecule has 4 nitrogen and oxygen atoms in total. The summed E-state index contributed by atoms with van der Waals surface area (Å²) >= 11 is 0. The lowest BCUT2D eigenvalue weighted by atomic mass is 10.0. The van der Waals surface area contributed by atoms with Crippen molar-refractivity contribution in [3.05, 3.63) is 29.8 Å². The lowest BCUT2D eigenvalue weighted by molar-refractivity contribution is 0.282. The first-order valence-corrected chi connectivity index (χ1v) is 13.4. The number of rotatable bonds is 19. The summed E-state index contributed by atoms with van der Waals surface area (Å²) in [6.45, 7) is 2.27. The van der Waals surface area contributed by atoms with Crippen LogP contribution in [0.1, 0.15) is 115 Å². The number of hydrogen-bond donors (Lipinski definition) is 2. The number of benzene rings is 1. The Morgan fingerprint density at radius 2 is 1.10 bits per heavy atom. The van der Waals surface area contributed by atoms with Crippen molar-refractivity contribution in [3.63, 3.8) is 0 Å². The zero-order chi connectivity index (χ0) is 21.2. The molecule has 0 fully saturated rings. The highest BCUT2D eigenvalue weighted by Gasteiger charge is 2.17. The number of phosphoric acid groups is 1. The Labute approximate surface area is 178 Å². The molecular formula is C24H43O4P.